The maximum atomic E-state index is 13.7. The molecule has 10 nitrogen and oxygen atoms in total. The first kappa shape index (κ1) is 24.0. The Morgan fingerprint density at radius 1 is 1.00 bits per heavy atom. The topological polar surface area (TPSA) is 106 Å². The van der Waals surface area contributed by atoms with Crippen molar-refractivity contribution < 1.29 is 32.2 Å². The molecule has 182 valence electrons. The Morgan fingerprint density at radius 2 is 1.68 bits per heavy atom. The SMILES string of the molecule is COC(=O)C1CN(C(=O)N2CCOCC2)c2ccccc2CN1S(=O)(=O)c1ccc(OC)cc1. The molecule has 4 rings (SSSR count). The molecule has 34 heavy (non-hydrogen) atoms. The minimum atomic E-state index is -4.13. The highest BCUT2D eigenvalue weighted by molar-refractivity contribution is 7.89. The second kappa shape index (κ2) is 10.00. The van der Waals surface area contributed by atoms with Gasteiger partial charge in [0.2, 0.25) is 10.0 Å². The van der Waals surface area contributed by atoms with Crippen LogP contribution in [-0.4, -0.2) is 82.7 Å². The zero-order chi connectivity index (χ0) is 24.3. The molecule has 0 aromatic heterocycles. The van der Waals surface area contributed by atoms with Crippen molar-refractivity contribution in [3.8, 4) is 5.75 Å². The average Bonchev–Trinajstić information content (AvgIpc) is 3.06. The van der Waals surface area contributed by atoms with E-state index in [1.807, 2.05) is 0 Å². The van der Waals surface area contributed by atoms with Crippen LogP contribution in [0.5, 0.6) is 5.75 Å². The zero-order valence-corrected chi connectivity index (χ0v) is 19.9. The molecular weight excluding hydrogens is 462 g/mol. The molecule has 2 heterocycles. The van der Waals surface area contributed by atoms with Crippen molar-refractivity contribution >= 4 is 27.7 Å². The number of ether oxygens (including phenoxy) is 3. The number of nitrogens with zero attached hydrogens (tertiary/aromatic N) is 3. The summed E-state index contributed by atoms with van der Waals surface area (Å²) in [5, 5.41) is 0. The number of anilines is 1. The Morgan fingerprint density at radius 3 is 2.32 bits per heavy atom. The first-order valence-corrected chi connectivity index (χ1v) is 12.3. The molecule has 1 unspecified atom stereocenters. The third-order valence-corrected chi connectivity index (χ3v) is 7.83. The van der Waals surface area contributed by atoms with Crippen LogP contribution in [0.2, 0.25) is 0 Å². The maximum Gasteiger partial charge on any atom is 0.326 e. The van der Waals surface area contributed by atoms with Gasteiger partial charge in [0.05, 0.1) is 44.6 Å². The fraction of sp³-hybridized carbons (Fsp3) is 0.391. The zero-order valence-electron chi connectivity index (χ0n) is 19.0. The number of carbonyl (C=O) groups is 2. The molecule has 1 atom stereocenters. The van der Waals surface area contributed by atoms with Crippen LogP contribution in [0.25, 0.3) is 0 Å². The molecule has 0 N–H and O–H groups in total. The standard InChI is InChI=1S/C23H27N3O7S/c1-31-18-7-9-19(10-8-18)34(29,30)26-15-17-5-3-4-6-20(17)25(16-21(26)22(27)32-2)23(28)24-11-13-33-14-12-24/h3-10,21H,11-16H2,1-2H3. The largest absolute Gasteiger partial charge is 0.497 e. The van der Waals surface area contributed by atoms with Gasteiger partial charge in [0.15, 0.2) is 0 Å². The molecule has 0 bridgehead atoms. The van der Waals surface area contributed by atoms with Crippen LogP contribution >= 0.6 is 0 Å². The minimum absolute atomic E-state index is 0.00707. The van der Waals surface area contributed by atoms with E-state index in [0.29, 0.717) is 43.3 Å². The van der Waals surface area contributed by atoms with Crippen molar-refractivity contribution in [2.45, 2.75) is 17.5 Å². The van der Waals surface area contributed by atoms with Gasteiger partial charge in [-0.15, -0.1) is 0 Å². The van der Waals surface area contributed by atoms with E-state index in [2.05, 4.69) is 0 Å². The number of sulfonamides is 1. The molecule has 2 amide bonds. The predicted octanol–water partition coefficient (Wildman–Crippen LogP) is 1.70. The smallest absolute Gasteiger partial charge is 0.326 e. The van der Waals surface area contributed by atoms with Crippen molar-refractivity contribution in [2.75, 3.05) is 52.0 Å². The highest BCUT2D eigenvalue weighted by Gasteiger charge is 2.43. The van der Waals surface area contributed by atoms with Gasteiger partial charge in [0.1, 0.15) is 11.8 Å². The average molecular weight is 490 g/mol. The highest BCUT2D eigenvalue weighted by atomic mass is 32.2. The van der Waals surface area contributed by atoms with Gasteiger partial charge in [0.25, 0.3) is 0 Å². The molecule has 0 saturated carbocycles. The van der Waals surface area contributed by atoms with Crippen molar-refractivity contribution in [1.82, 2.24) is 9.21 Å². The third-order valence-electron chi connectivity index (χ3n) is 5.96. The molecule has 0 aliphatic carbocycles. The summed E-state index contributed by atoms with van der Waals surface area (Å²) in [6.45, 7) is 1.37. The quantitative estimate of drug-likeness (QED) is 0.602. The number of urea groups is 1. The Kier molecular flexibility index (Phi) is 7.05. The number of para-hydroxylation sites is 1. The number of carbonyl (C=O) groups excluding carboxylic acids is 2. The van der Waals surface area contributed by atoms with Gasteiger partial charge in [-0.25, -0.2) is 13.2 Å². The Hall–Kier alpha value is -3.15. The van der Waals surface area contributed by atoms with Crippen LogP contribution in [-0.2, 0) is 30.8 Å². The molecule has 2 aliphatic heterocycles. The van der Waals surface area contributed by atoms with Gasteiger partial charge in [-0.05, 0) is 35.9 Å². The maximum absolute atomic E-state index is 13.7. The Labute approximate surface area is 198 Å². The van der Waals surface area contributed by atoms with E-state index in [9.17, 15) is 18.0 Å². The number of benzene rings is 2. The lowest BCUT2D eigenvalue weighted by molar-refractivity contribution is -0.144. The van der Waals surface area contributed by atoms with Crippen LogP contribution in [0.1, 0.15) is 5.56 Å². The van der Waals surface area contributed by atoms with E-state index in [1.165, 1.54) is 31.3 Å². The van der Waals surface area contributed by atoms with Gasteiger partial charge >= 0.3 is 12.0 Å². The normalized spacial score (nSPS) is 19.2. The van der Waals surface area contributed by atoms with Gasteiger partial charge < -0.3 is 19.1 Å². The molecule has 1 saturated heterocycles. The predicted molar refractivity (Wildman–Crippen MR) is 123 cm³/mol. The fourth-order valence-corrected chi connectivity index (χ4v) is 5.67. The number of esters is 1. The van der Waals surface area contributed by atoms with Gasteiger partial charge in [0, 0.05) is 19.6 Å². The molecular formula is C23H27N3O7S. The van der Waals surface area contributed by atoms with E-state index in [-0.39, 0.29) is 24.0 Å². The molecule has 11 heteroatoms. The van der Waals surface area contributed by atoms with Crippen molar-refractivity contribution in [2.24, 2.45) is 0 Å². The lowest BCUT2D eigenvalue weighted by Crippen LogP contribution is -2.54. The lowest BCUT2D eigenvalue weighted by Gasteiger charge is -2.34. The first-order valence-electron chi connectivity index (χ1n) is 10.8. The third kappa shape index (κ3) is 4.59. The van der Waals surface area contributed by atoms with E-state index >= 15 is 0 Å². The number of hydrogen-bond acceptors (Lipinski definition) is 7. The molecule has 0 radical (unpaired) electrons. The molecule has 1 fully saturated rings. The summed E-state index contributed by atoms with van der Waals surface area (Å²) in [4.78, 5) is 29.5. The van der Waals surface area contributed by atoms with Crippen LogP contribution in [0.15, 0.2) is 53.4 Å². The van der Waals surface area contributed by atoms with Crippen molar-refractivity contribution in [1.29, 1.82) is 0 Å². The summed E-state index contributed by atoms with van der Waals surface area (Å²) >= 11 is 0. The fourth-order valence-electron chi connectivity index (χ4n) is 4.12. The summed E-state index contributed by atoms with van der Waals surface area (Å²) < 4.78 is 44.0. The van der Waals surface area contributed by atoms with E-state index in [4.69, 9.17) is 14.2 Å². The van der Waals surface area contributed by atoms with Gasteiger partial charge in [-0.3, -0.25) is 9.69 Å². The summed E-state index contributed by atoms with van der Waals surface area (Å²) in [6.07, 6.45) is 0. The number of amides is 2. The van der Waals surface area contributed by atoms with E-state index in [1.54, 1.807) is 41.3 Å². The van der Waals surface area contributed by atoms with Gasteiger partial charge in [-0.2, -0.15) is 4.31 Å². The van der Waals surface area contributed by atoms with Crippen LogP contribution in [0.3, 0.4) is 0 Å². The van der Waals surface area contributed by atoms with Gasteiger partial charge in [-0.1, -0.05) is 18.2 Å². The summed E-state index contributed by atoms with van der Waals surface area (Å²) in [6, 6.07) is 11.4. The number of morpholine rings is 1. The number of rotatable bonds is 4. The van der Waals surface area contributed by atoms with Crippen LogP contribution in [0, 0.1) is 0 Å². The number of methoxy groups -OCH3 is 2. The highest BCUT2D eigenvalue weighted by Crippen LogP contribution is 2.32. The Balaban J connectivity index is 1.77. The van der Waals surface area contributed by atoms with Crippen molar-refractivity contribution in [3.63, 3.8) is 0 Å². The Bertz CT molecular complexity index is 1150. The number of hydrogen-bond donors (Lipinski definition) is 0. The lowest BCUT2D eigenvalue weighted by atomic mass is 10.1. The molecule has 0 spiro atoms. The summed E-state index contributed by atoms with van der Waals surface area (Å²) in [7, 11) is -1.44. The molecule has 2 aliphatic rings. The molecule has 2 aromatic rings. The van der Waals surface area contributed by atoms with E-state index < -0.39 is 22.0 Å². The van der Waals surface area contributed by atoms with Crippen LogP contribution < -0.4 is 9.64 Å². The minimum Gasteiger partial charge on any atom is -0.497 e. The second-order valence-corrected chi connectivity index (χ2v) is 9.78. The first-order chi connectivity index (χ1) is 16.4. The van der Waals surface area contributed by atoms with Crippen molar-refractivity contribution in [3.05, 3.63) is 54.1 Å². The molecule has 2 aromatic carbocycles. The second-order valence-electron chi connectivity index (χ2n) is 7.89. The van der Waals surface area contributed by atoms with E-state index in [0.717, 1.165) is 4.31 Å². The number of fused-ring (bicyclic) bond motifs is 1. The van der Waals surface area contributed by atoms with Crippen LogP contribution in [0.4, 0.5) is 10.5 Å². The summed E-state index contributed by atoms with van der Waals surface area (Å²) in [5.41, 5.74) is 1.16. The monoisotopic (exact) mass is 489 g/mol. The summed E-state index contributed by atoms with van der Waals surface area (Å²) in [5.74, 6) is -0.239.